The fourth-order valence-corrected chi connectivity index (χ4v) is 2.75. The first-order chi connectivity index (χ1) is 12.9. The third-order valence-electron chi connectivity index (χ3n) is 3.62. The molecular weight excluding hydrogens is 389 g/mol. The van der Waals surface area contributed by atoms with Gasteiger partial charge >= 0.3 is 5.97 Å². The van der Waals surface area contributed by atoms with Crippen molar-refractivity contribution in [2.75, 3.05) is 5.32 Å². The second kappa shape index (κ2) is 8.12. The summed E-state index contributed by atoms with van der Waals surface area (Å²) in [5.74, 6) is -0.507. The number of carbonyl (C=O) groups is 2. The van der Waals surface area contributed by atoms with Crippen LogP contribution in [0.1, 0.15) is 16.1 Å². The molecule has 5 nitrogen and oxygen atoms in total. The molecule has 0 saturated carbocycles. The van der Waals surface area contributed by atoms with Crippen molar-refractivity contribution in [3.63, 3.8) is 0 Å². The Balaban J connectivity index is 1.70. The molecule has 1 amide bonds. The molecule has 7 heteroatoms. The second-order valence-electron chi connectivity index (χ2n) is 5.51. The van der Waals surface area contributed by atoms with Crippen molar-refractivity contribution < 1.29 is 19.1 Å². The molecule has 2 N–H and O–H groups in total. The van der Waals surface area contributed by atoms with Gasteiger partial charge in [0, 0.05) is 17.3 Å². The highest BCUT2D eigenvalue weighted by atomic mass is 35.5. The van der Waals surface area contributed by atoms with E-state index >= 15 is 0 Å². The molecule has 0 atom stereocenters. The molecule has 0 spiro atoms. The van der Waals surface area contributed by atoms with Crippen molar-refractivity contribution in [2.24, 2.45) is 0 Å². The van der Waals surface area contributed by atoms with Gasteiger partial charge in [0.1, 0.15) is 11.5 Å². The van der Waals surface area contributed by atoms with Crippen molar-refractivity contribution in [2.45, 2.75) is 0 Å². The highest BCUT2D eigenvalue weighted by Crippen LogP contribution is 2.34. The summed E-state index contributed by atoms with van der Waals surface area (Å²) < 4.78 is 5.67. The smallest absolute Gasteiger partial charge is 0.335 e. The van der Waals surface area contributed by atoms with Crippen LogP contribution in [0.25, 0.3) is 17.4 Å². The zero-order valence-electron chi connectivity index (χ0n) is 13.8. The van der Waals surface area contributed by atoms with Crippen LogP contribution in [0.15, 0.2) is 65.1 Å². The summed E-state index contributed by atoms with van der Waals surface area (Å²) in [5, 5.41) is 12.4. The molecule has 2 aromatic carbocycles. The predicted molar refractivity (Wildman–Crippen MR) is 105 cm³/mol. The minimum Gasteiger partial charge on any atom is -0.478 e. The summed E-state index contributed by atoms with van der Waals surface area (Å²) in [6.07, 6.45) is 2.79. The van der Waals surface area contributed by atoms with Crippen LogP contribution in [-0.4, -0.2) is 17.0 Å². The number of nitrogens with one attached hydrogen (secondary N) is 1. The van der Waals surface area contributed by atoms with E-state index in [4.69, 9.17) is 32.7 Å². The van der Waals surface area contributed by atoms with E-state index in [2.05, 4.69) is 5.32 Å². The maximum atomic E-state index is 12.0. The maximum absolute atomic E-state index is 12.0. The number of rotatable bonds is 5. The molecule has 0 aliphatic heterocycles. The van der Waals surface area contributed by atoms with Gasteiger partial charge in [-0.2, -0.15) is 0 Å². The summed E-state index contributed by atoms with van der Waals surface area (Å²) in [7, 11) is 0. The van der Waals surface area contributed by atoms with Gasteiger partial charge in [0.2, 0.25) is 5.91 Å². The highest BCUT2D eigenvalue weighted by Gasteiger charge is 2.10. The summed E-state index contributed by atoms with van der Waals surface area (Å²) in [5.41, 5.74) is 1.13. The van der Waals surface area contributed by atoms with Crippen molar-refractivity contribution >= 4 is 46.8 Å². The van der Waals surface area contributed by atoms with E-state index < -0.39 is 11.9 Å². The number of aromatic carboxylic acids is 1. The van der Waals surface area contributed by atoms with Crippen LogP contribution in [0.3, 0.4) is 0 Å². The molecule has 1 heterocycles. The molecule has 0 bridgehead atoms. The van der Waals surface area contributed by atoms with Gasteiger partial charge in [0.15, 0.2) is 0 Å². The van der Waals surface area contributed by atoms with Crippen LogP contribution in [0.5, 0.6) is 0 Å². The van der Waals surface area contributed by atoms with E-state index in [1.54, 1.807) is 42.5 Å². The molecule has 0 aliphatic carbocycles. The Morgan fingerprint density at radius 1 is 1.04 bits per heavy atom. The molecule has 0 radical (unpaired) electrons. The predicted octanol–water partition coefficient (Wildman–Crippen LogP) is 5.60. The number of carbonyl (C=O) groups excluding carboxylic acids is 1. The summed E-state index contributed by atoms with van der Waals surface area (Å²) >= 11 is 12.2. The number of carboxylic acids is 1. The van der Waals surface area contributed by atoms with Gasteiger partial charge in [0.05, 0.1) is 15.6 Å². The Labute approximate surface area is 164 Å². The molecular formula is C20H13Cl2NO4. The number of hydrogen-bond donors (Lipinski definition) is 2. The summed E-state index contributed by atoms with van der Waals surface area (Å²) in [6, 6.07) is 14.6. The Morgan fingerprint density at radius 3 is 2.59 bits per heavy atom. The van der Waals surface area contributed by atoms with E-state index in [1.165, 1.54) is 24.3 Å². The Morgan fingerprint density at radius 2 is 1.81 bits per heavy atom. The maximum Gasteiger partial charge on any atom is 0.335 e. The van der Waals surface area contributed by atoms with Crippen molar-refractivity contribution in [3.8, 4) is 11.3 Å². The van der Waals surface area contributed by atoms with Crippen molar-refractivity contribution in [3.05, 3.63) is 82.0 Å². The lowest BCUT2D eigenvalue weighted by molar-refractivity contribution is -0.111. The number of furan rings is 1. The fraction of sp³-hybridized carbons (Fsp3) is 0. The van der Waals surface area contributed by atoms with Gasteiger partial charge in [-0.25, -0.2) is 4.79 Å². The van der Waals surface area contributed by atoms with Gasteiger partial charge in [0.25, 0.3) is 0 Å². The monoisotopic (exact) mass is 401 g/mol. The first-order valence-corrected chi connectivity index (χ1v) is 8.56. The lowest BCUT2D eigenvalue weighted by Crippen LogP contribution is -2.08. The molecule has 3 aromatic rings. The summed E-state index contributed by atoms with van der Waals surface area (Å²) in [6.45, 7) is 0. The normalized spacial score (nSPS) is 10.9. The first kappa shape index (κ1) is 18.8. The van der Waals surface area contributed by atoms with E-state index in [1.807, 2.05) is 0 Å². The van der Waals surface area contributed by atoms with Crippen LogP contribution in [0.4, 0.5) is 5.69 Å². The van der Waals surface area contributed by atoms with Crippen LogP contribution < -0.4 is 5.32 Å². The third kappa shape index (κ3) is 4.58. The largest absolute Gasteiger partial charge is 0.478 e. The standard InChI is InChI=1S/C20H13Cl2NO4/c21-16-6-2-5-15(19(16)22)17-9-7-14(27-17)8-10-18(24)23-13-4-1-3-12(11-13)20(25)26/h1-11H,(H,23,24)(H,25,26)/b10-8+. The molecule has 0 unspecified atom stereocenters. The van der Waals surface area contributed by atoms with Crippen molar-refractivity contribution in [1.82, 2.24) is 0 Å². The zero-order valence-corrected chi connectivity index (χ0v) is 15.3. The van der Waals surface area contributed by atoms with Crippen LogP contribution in [-0.2, 0) is 4.79 Å². The van der Waals surface area contributed by atoms with Crippen molar-refractivity contribution in [1.29, 1.82) is 0 Å². The lowest BCUT2D eigenvalue weighted by atomic mass is 10.2. The Kier molecular flexibility index (Phi) is 5.64. The van der Waals surface area contributed by atoms with E-state index in [9.17, 15) is 9.59 Å². The minimum atomic E-state index is -1.07. The fourth-order valence-electron chi connectivity index (χ4n) is 2.35. The number of carboxylic acid groups (broad SMARTS) is 1. The number of anilines is 1. The number of hydrogen-bond acceptors (Lipinski definition) is 3. The molecule has 136 valence electrons. The number of benzene rings is 2. The minimum absolute atomic E-state index is 0.0888. The quantitative estimate of drug-likeness (QED) is 0.544. The molecule has 0 fully saturated rings. The van der Waals surface area contributed by atoms with Gasteiger partial charge in [-0.1, -0.05) is 35.3 Å². The van der Waals surface area contributed by atoms with Gasteiger partial charge < -0.3 is 14.8 Å². The SMILES string of the molecule is O=C(/C=C/c1ccc(-c2cccc(Cl)c2Cl)o1)Nc1cccc(C(=O)O)c1. The molecule has 0 aliphatic rings. The van der Waals surface area contributed by atoms with E-state index in [0.29, 0.717) is 32.8 Å². The summed E-state index contributed by atoms with van der Waals surface area (Å²) in [4.78, 5) is 23.0. The lowest BCUT2D eigenvalue weighted by Gasteiger charge is -2.03. The molecule has 3 rings (SSSR count). The van der Waals surface area contributed by atoms with Gasteiger partial charge in [-0.05, 0) is 48.5 Å². The van der Waals surface area contributed by atoms with Gasteiger partial charge in [-0.15, -0.1) is 0 Å². The number of halogens is 2. The van der Waals surface area contributed by atoms with Crippen LogP contribution in [0, 0.1) is 0 Å². The highest BCUT2D eigenvalue weighted by molar-refractivity contribution is 6.43. The van der Waals surface area contributed by atoms with E-state index in [0.717, 1.165) is 0 Å². The average Bonchev–Trinajstić information content (AvgIpc) is 3.11. The molecule has 1 aromatic heterocycles. The second-order valence-corrected chi connectivity index (χ2v) is 6.30. The number of amides is 1. The van der Waals surface area contributed by atoms with Crippen LogP contribution >= 0.6 is 23.2 Å². The topological polar surface area (TPSA) is 79.5 Å². The van der Waals surface area contributed by atoms with Crippen LogP contribution in [0.2, 0.25) is 10.0 Å². The Hall–Kier alpha value is -3.02. The van der Waals surface area contributed by atoms with Gasteiger partial charge in [-0.3, -0.25) is 4.79 Å². The zero-order chi connectivity index (χ0) is 19.4. The van der Waals surface area contributed by atoms with E-state index in [-0.39, 0.29) is 5.56 Å². The molecule has 0 saturated heterocycles. The first-order valence-electron chi connectivity index (χ1n) is 7.80. The average molecular weight is 402 g/mol. The Bertz CT molecular complexity index is 1040. The molecule has 27 heavy (non-hydrogen) atoms. The third-order valence-corrected chi connectivity index (χ3v) is 4.44.